The van der Waals surface area contributed by atoms with E-state index < -0.39 is 0 Å². The second-order valence-electron chi connectivity index (χ2n) is 3.67. The molecule has 2 aromatic rings. The number of nitrogens with one attached hydrogen (secondary N) is 1. The van der Waals surface area contributed by atoms with Crippen LogP contribution in [0.25, 0.3) is 5.69 Å². The molecule has 3 N–H and O–H groups in total. The fraction of sp³-hybridized carbons (Fsp3) is 0.167. The maximum Gasteiger partial charge on any atom is 0.271 e. The van der Waals surface area contributed by atoms with Crippen molar-refractivity contribution in [3.05, 3.63) is 46.2 Å². The molecule has 94 valence electrons. The van der Waals surface area contributed by atoms with E-state index in [0.717, 1.165) is 15.7 Å². The monoisotopic (exact) mass is 308 g/mol. The molecule has 1 aromatic heterocycles. The number of aromatic nitrogens is 2. The molecule has 0 saturated heterocycles. The maximum atomic E-state index is 11.5. The Kier molecular flexibility index (Phi) is 3.78. The number of halogens is 1. The van der Waals surface area contributed by atoms with Crippen molar-refractivity contribution in [1.82, 2.24) is 15.1 Å². The lowest BCUT2D eigenvalue weighted by Crippen LogP contribution is -2.18. The molecule has 0 spiro atoms. The number of hydrogen-bond donors (Lipinski definition) is 2. The van der Waals surface area contributed by atoms with Crippen LogP contribution >= 0.6 is 15.9 Å². The molecule has 18 heavy (non-hydrogen) atoms. The summed E-state index contributed by atoms with van der Waals surface area (Å²) in [7, 11) is 1.58. The molecule has 0 fully saturated rings. The van der Waals surface area contributed by atoms with Crippen LogP contribution in [0.2, 0.25) is 0 Å². The van der Waals surface area contributed by atoms with Gasteiger partial charge < -0.3 is 11.1 Å². The van der Waals surface area contributed by atoms with E-state index in [-0.39, 0.29) is 5.91 Å². The number of carbonyl (C=O) groups excluding carboxylic acids is 1. The highest BCUT2D eigenvalue weighted by molar-refractivity contribution is 9.10. The first-order valence-corrected chi connectivity index (χ1v) is 6.22. The normalized spacial score (nSPS) is 10.4. The topological polar surface area (TPSA) is 72.9 Å². The van der Waals surface area contributed by atoms with E-state index >= 15 is 0 Å². The van der Waals surface area contributed by atoms with Gasteiger partial charge in [0.1, 0.15) is 0 Å². The molecule has 1 amide bonds. The van der Waals surface area contributed by atoms with Crippen molar-refractivity contribution in [1.29, 1.82) is 0 Å². The van der Waals surface area contributed by atoms with Gasteiger partial charge in [0.05, 0.1) is 5.69 Å². The Hall–Kier alpha value is -1.66. The SMILES string of the molecule is CNC(=O)c1ccn(-c2cccc(Br)c2CN)n1. The average Bonchev–Trinajstić information content (AvgIpc) is 2.87. The molecule has 2 rings (SSSR count). The minimum atomic E-state index is -0.210. The fourth-order valence-electron chi connectivity index (χ4n) is 1.67. The molecule has 0 aliphatic heterocycles. The van der Waals surface area contributed by atoms with Crippen LogP contribution in [0.5, 0.6) is 0 Å². The summed E-state index contributed by atoms with van der Waals surface area (Å²) in [6, 6.07) is 7.41. The summed E-state index contributed by atoms with van der Waals surface area (Å²) in [5, 5.41) is 6.77. The molecular formula is C12H13BrN4O. The molecule has 0 aliphatic carbocycles. The lowest BCUT2D eigenvalue weighted by atomic mass is 10.2. The summed E-state index contributed by atoms with van der Waals surface area (Å²) in [6.45, 7) is 0.395. The van der Waals surface area contributed by atoms with Crippen LogP contribution in [0.15, 0.2) is 34.9 Å². The molecule has 1 heterocycles. The maximum absolute atomic E-state index is 11.5. The Balaban J connectivity index is 2.46. The average molecular weight is 309 g/mol. The Labute approximate surface area is 113 Å². The molecule has 0 atom stereocenters. The van der Waals surface area contributed by atoms with Crippen molar-refractivity contribution < 1.29 is 4.79 Å². The number of benzene rings is 1. The standard InChI is InChI=1S/C12H13BrN4O/c1-15-12(18)10-5-6-17(16-10)11-4-2-3-9(13)8(11)7-14/h2-6H,7,14H2,1H3,(H,15,18). The minimum Gasteiger partial charge on any atom is -0.354 e. The van der Waals surface area contributed by atoms with Crippen molar-refractivity contribution in [2.45, 2.75) is 6.54 Å². The summed E-state index contributed by atoms with van der Waals surface area (Å²) in [5.74, 6) is -0.210. The summed E-state index contributed by atoms with van der Waals surface area (Å²) in [6.07, 6.45) is 1.74. The van der Waals surface area contributed by atoms with Gasteiger partial charge in [0.25, 0.3) is 5.91 Å². The van der Waals surface area contributed by atoms with Crippen molar-refractivity contribution in [3.8, 4) is 5.69 Å². The van der Waals surface area contributed by atoms with Crippen LogP contribution in [0.3, 0.4) is 0 Å². The van der Waals surface area contributed by atoms with Gasteiger partial charge in [-0.05, 0) is 18.2 Å². The van der Waals surface area contributed by atoms with Gasteiger partial charge in [-0.15, -0.1) is 0 Å². The van der Waals surface area contributed by atoms with Crippen LogP contribution < -0.4 is 11.1 Å². The largest absolute Gasteiger partial charge is 0.354 e. The Morgan fingerprint density at radius 2 is 2.28 bits per heavy atom. The zero-order valence-electron chi connectivity index (χ0n) is 9.85. The number of nitrogens with two attached hydrogens (primary N) is 1. The van der Waals surface area contributed by atoms with E-state index in [4.69, 9.17) is 5.73 Å². The zero-order chi connectivity index (χ0) is 13.1. The fourth-order valence-corrected chi connectivity index (χ4v) is 2.19. The van der Waals surface area contributed by atoms with Crippen LogP contribution in [-0.4, -0.2) is 22.7 Å². The third kappa shape index (κ3) is 2.30. The first-order valence-electron chi connectivity index (χ1n) is 5.43. The van der Waals surface area contributed by atoms with Crippen LogP contribution in [0.4, 0.5) is 0 Å². The molecule has 0 bridgehead atoms. The summed E-state index contributed by atoms with van der Waals surface area (Å²) in [5.41, 5.74) is 7.92. The molecule has 0 unspecified atom stereocenters. The van der Waals surface area contributed by atoms with Crippen molar-refractivity contribution in [2.75, 3.05) is 7.05 Å². The summed E-state index contributed by atoms with van der Waals surface area (Å²) < 4.78 is 2.58. The van der Waals surface area contributed by atoms with Crippen molar-refractivity contribution >= 4 is 21.8 Å². The lowest BCUT2D eigenvalue weighted by Gasteiger charge is -2.09. The Morgan fingerprint density at radius 3 is 2.94 bits per heavy atom. The number of hydrogen-bond acceptors (Lipinski definition) is 3. The van der Waals surface area contributed by atoms with Gasteiger partial charge in [0.15, 0.2) is 5.69 Å². The Bertz CT molecular complexity index is 579. The number of nitrogens with zero attached hydrogens (tertiary/aromatic N) is 2. The van der Waals surface area contributed by atoms with E-state index in [9.17, 15) is 4.79 Å². The van der Waals surface area contributed by atoms with Gasteiger partial charge in [0.2, 0.25) is 0 Å². The predicted molar refractivity (Wildman–Crippen MR) is 72.5 cm³/mol. The third-order valence-corrected chi connectivity index (χ3v) is 3.34. The molecule has 6 heteroatoms. The predicted octanol–water partition coefficient (Wildman–Crippen LogP) is 1.45. The van der Waals surface area contributed by atoms with E-state index in [1.165, 1.54) is 0 Å². The smallest absolute Gasteiger partial charge is 0.271 e. The minimum absolute atomic E-state index is 0.210. The highest BCUT2D eigenvalue weighted by atomic mass is 79.9. The first kappa shape index (κ1) is 12.8. The first-order chi connectivity index (χ1) is 8.67. The number of carbonyl (C=O) groups is 1. The lowest BCUT2D eigenvalue weighted by molar-refractivity contribution is 0.0957. The molecule has 1 aromatic carbocycles. The van der Waals surface area contributed by atoms with Gasteiger partial charge in [-0.1, -0.05) is 22.0 Å². The number of rotatable bonds is 3. The van der Waals surface area contributed by atoms with Crippen LogP contribution in [-0.2, 0) is 6.54 Å². The third-order valence-electron chi connectivity index (χ3n) is 2.59. The highest BCUT2D eigenvalue weighted by Crippen LogP contribution is 2.22. The second-order valence-corrected chi connectivity index (χ2v) is 4.52. The summed E-state index contributed by atoms with van der Waals surface area (Å²) in [4.78, 5) is 11.5. The molecule has 0 radical (unpaired) electrons. The number of amides is 1. The van der Waals surface area contributed by atoms with Crippen molar-refractivity contribution in [3.63, 3.8) is 0 Å². The van der Waals surface area contributed by atoms with Crippen molar-refractivity contribution in [2.24, 2.45) is 5.73 Å². The van der Waals surface area contributed by atoms with Gasteiger partial charge in [-0.3, -0.25) is 4.79 Å². The van der Waals surface area contributed by atoms with E-state index in [0.29, 0.717) is 12.2 Å². The van der Waals surface area contributed by atoms with E-state index in [2.05, 4.69) is 26.3 Å². The molecule has 0 aliphatic rings. The molecule has 5 nitrogen and oxygen atoms in total. The summed E-state index contributed by atoms with van der Waals surface area (Å²) >= 11 is 3.45. The highest BCUT2D eigenvalue weighted by Gasteiger charge is 2.11. The second kappa shape index (κ2) is 5.32. The molecular weight excluding hydrogens is 296 g/mol. The zero-order valence-corrected chi connectivity index (χ0v) is 11.4. The van der Waals surface area contributed by atoms with Gasteiger partial charge in [0, 0.05) is 29.8 Å². The Morgan fingerprint density at radius 1 is 1.50 bits per heavy atom. The van der Waals surface area contributed by atoms with E-state index in [1.807, 2.05) is 18.2 Å². The van der Waals surface area contributed by atoms with Crippen LogP contribution in [0.1, 0.15) is 16.1 Å². The molecule has 0 saturated carbocycles. The van der Waals surface area contributed by atoms with Gasteiger partial charge in [-0.25, -0.2) is 4.68 Å². The van der Waals surface area contributed by atoms with Gasteiger partial charge in [-0.2, -0.15) is 5.10 Å². The van der Waals surface area contributed by atoms with Crippen LogP contribution in [0, 0.1) is 0 Å². The van der Waals surface area contributed by atoms with E-state index in [1.54, 1.807) is 24.0 Å². The van der Waals surface area contributed by atoms with Gasteiger partial charge >= 0.3 is 0 Å². The quantitative estimate of drug-likeness (QED) is 0.901.